The van der Waals surface area contributed by atoms with E-state index >= 15 is 0 Å². The molecule has 1 aliphatic rings. The molecule has 1 aromatic rings. The molecule has 21 heavy (non-hydrogen) atoms. The van der Waals surface area contributed by atoms with E-state index in [4.69, 9.17) is 23.2 Å². The zero-order valence-electron chi connectivity index (χ0n) is 11.5. The zero-order valence-corrected chi connectivity index (χ0v) is 13.0. The normalized spacial score (nSPS) is 16.1. The van der Waals surface area contributed by atoms with Crippen LogP contribution in [0.3, 0.4) is 0 Å². The molecule has 0 saturated heterocycles. The molecule has 0 radical (unpaired) electrons. The molecular formula is C15H17Cl2NO3. The summed E-state index contributed by atoms with van der Waals surface area (Å²) < 4.78 is 0. The maximum atomic E-state index is 11.8. The lowest BCUT2D eigenvalue weighted by Crippen LogP contribution is -2.47. The number of hydrogen-bond donors (Lipinski definition) is 2. The Morgan fingerprint density at radius 1 is 1.29 bits per heavy atom. The third-order valence-electron chi connectivity index (χ3n) is 4.02. The van der Waals surface area contributed by atoms with Crippen molar-refractivity contribution in [3.05, 3.63) is 33.8 Å². The van der Waals surface area contributed by atoms with E-state index in [-0.39, 0.29) is 18.9 Å². The number of amides is 1. The first-order valence-electron chi connectivity index (χ1n) is 6.87. The molecule has 1 fully saturated rings. The minimum atomic E-state index is -0.824. The van der Waals surface area contributed by atoms with Gasteiger partial charge in [0, 0.05) is 23.0 Å². The SMILES string of the molecule is O=C(CCc1ccc(Cl)cc1Cl)NCC1(C(=O)O)CCC1. The highest BCUT2D eigenvalue weighted by Crippen LogP contribution is 2.40. The van der Waals surface area contributed by atoms with Crippen LogP contribution in [0.1, 0.15) is 31.2 Å². The zero-order chi connectivity index (χ0) is 15.5. The van der Waals surface area contributed by atoms with Gasteiger partial charge < -0.3 is 10.4 Å². The lowest BCUT2D eigenvalue weighted by Gasteiger charge is -2.37. The number of carboxylic acids is 1. The number of carbonyl (C=O) groups excluding carboxylic acids is 1. The quantitative estimate of drug-likeness (QED) is 0.841. The molecule has 4 nitrogen and oxygen atoms in total. The Morgan fingerprint density at radius 3 is 2.52 bits per heavy atom. The summed E-state index contributed by atoms with van der Waals surface area (Å²) >= 11 is 11.9. The fourth-order valence-corrected chi connectivity index (χ4v) is 2.90. The molecule has 1 aromatic carbocycles. The van der Waals surface area contributed by atoms with Crippen LogP contribution in [-0.4, -0.2) is 23.5 Å². The van der Waals surface area contributed by atoms with Crippen LogP contribution in [0.25, 0.3) is 0 Å². The van der Waals surface area contributed by atoms with Gasteiger partial charge in [-0.1, -0.05) is 35.7 Å². The second-order valence-corrected chi connectivity index (χ2v) is 6.30. The van der Waals surface area contributed by atoms with E-state index in [0.29, 0.717) is 29.3 Å². The van der Waals surface area contributed by atoms with Gasteiger partial charge in [0.2, 0.25) is 5.91 Å². The first-order chi connectivity index (χ1) is 9.93. The summed E-state index contributed by atoms with van der Waals surface area (Å²) in [7, 11) is 0. The third-order valence-corrected chi connectivity index (χ3v) is 4.61. The monoisotopic (exact) mass is 329 g/mol. The maximum absolute atomic E-state index is 11.8. The highest BCUT2D eigenvalue weighted by molar-refractivity contribution is 6.35. The Labute approximate surface area is 133 Å². The van der Waals surface area contributed by atoms with Gasteiger partial charge in [-0.25, -0.2) is 0 Å². The highest BCUT2D eigenvalue weighted by atomic mass is 35.5. The molecule has 1 aliphatic carbocycles. The molecule has 1 saturated carbocycles. The van der Waals surface area contributed by atoms with E-state index < -0.39 is 11.4 Å². The van der Waals surface area contributed by atoms with E-state index in [1.54, 1.807) is 18.2 Å². The Kier molecular flexibility index (Phi) is 5.12. The number of aliphatic carboxylic acids is 1. The van der Waals surface area contributed by atoms with Crippen molar-refractivity contribution in [1.29, 1.82) is 0 Å². The van der Waals surface area contributed by atoms with Gasteiger partial charge in [0.05, 0.1) is 5.41 Å². The van der Waals surface area contributed by atoms with Crippen LogP contribution < -0.4 is 5.32 Å². The van der Waals surface area contributed by atoms with E-state index in [2.05, 4.69) is 5.32 Å². The van der Waals surface area contributed by atoms with Crippen LogP contribution in [0.2, 0.25) is 10.0 Å². The van der Waals surface area contributed by atoms with Gasteiger partial charge >= 0.3 is 5.97 Å². The van der Waals surface area contributed by atoms with Crippen LogP contribution in [0, 0.1) is 5.41 Å². The summed E-state index contributed by atoms with van der Waals surface area (Å²) in [6, 6.07) is 5.17. The fourth-order valence-electron chi connectivity index (χ4n) is 2.40. The summed E-state index contributed by atoms with van der Waals surface area (Å²) in [6.45, 7) is 0.204. The lowest BCUT2D eigenvalue weighted by atomic mass is 9.69. The molecule has 0 bridgehead atoms. The smallest absolute Gasteiger partial charge is 0.311 e. The Morgan fingerprint density at radius 2 is 2.00 bits per heavy atom. The molecule has 114 valence electrons. The second-order valence-electron chi connectivity index (χ2n) is 5.45. The lowest BCUT2D eigenvalue weighted by molar-refractivity contribution is -0.154. The van der Waals surface area contributed by atoms with Gasteiger partial charge in [-0.15, -0.1) is 0 Å². The van der Waals surface area contributed by atoms with Crippen molar-refractivity contribution in [2.24, 2.45) is 5.41 Å². The highest BCUT2D eigenvalue weighted by Gasteiger charge is 2.44. The van der Waals surface area contributed by atoms with E-state index in [1.165, 1.54) is 0 Å². The molecule has 2 N–H and O–H groups in total. The number of hydrogen-bond acceptors (Lipinski definition) is 2. The average molecular weight is 330 g/mol. The van der Waals surface area contributed by atoms with Crippen LogP contribution in [0.15, 0.2) is 18.2 Å². The first kappa shape index (κ1) is 16.1. The number of benzene rings is 1. The number of carbonyl (C=O) groups is 2. The molecule has 2 rings (SSSR count). The molecule has 0 aromatic heterocycles. The van der Waals surface area contributed by atoms with Crippen molar-refractivity contribution in [1.82, 2.24) is 5.32 Å². The van der Waals surface area contributed by atoms with Gasteiger partial charge in [0.1, 0.15) is 0 Å². The average Bonchev–Trinajstić information content (AvgIpc) is 2.36. The number of carboxylic acid groups (broad SMARTS) is 1. The number of rotatable bonds is 6. The molecule has 0 heterocycles. The molecule has 0 aliphatic heterocycles. The minimum absolute atomic E-state index is 0.159. The van der Waals surface area contributed by atoms with E-state index in [9.17, 15) is 14.7 Å². The molecular weight excluding hydrogens is 313 g/mol. The molecule has 0 spiro atoms. The largest absolute Gasteiger partial charge is 0.481 e. The van der Waals surface area contributed by atoms with Crippen LogP contribution in [0.5, 0.6) is 0 Å². The predicted molar refractivity (Wildman–Crippen MR) is 81.7 cm³/mol. The molecule has 1 amide bonds. The predicted octanol–water partition coefficient (Wildman–Crippen LogP) is 3.30. The Hall–Kier alpha value is -1.26. The minimum Gasteiger partial charge on any atom is -0.481 e. The first-order valence-corrected chi connectivity index (χ1v) is 7.63. The van der Waals surface area contributed by atoms with Gasteiger partial charge in [-0.05, 0) is 37.0 Å². The fraction of sp³-hybridized carbons (Fsp3) is 0.467. The van der Waals surface area contributed by atoms with Crippen molar-refractivity contribution in [2.45, 2.75) is 32.1 Å². The summed E-state index contributed by atoms with van der Waals surface area (Å²) in [5.41, 5.74) is 0.0981. The Balaban J connectivity index is 1.81. The molecule has 6 heteroatoms. The summed E-state index contributed by atoms with van der Waals surface area (Å²) in [5, 5.41) is 13.0. The molecule has 0 atom stereocenters. The van der Waals surface area contributed by atoms with Gasteiger partial charge in [-0.2, -0.15) is 0 Å². The van der Waals surface area contributed by atoms with Crippen molar-refractivity contribution in [2.75, 3.05) is 6.54 Å². The van der Waals surface area contributed by atoms with Crippen molar-refractivity contribution in [3.63, 3.8) is 0 Å². The van der Waals surface area contributed by atoms with Crippen molar-refractivity contribution < 1.29 is 14.7 Å². The van der Waals surface area contributed by atoms with Crippen LogP contribution in [0.4, 0.5) is 0 Å². The van der Waals surface area contributed by atoms with Crippen molar-refractivity contribution in [3.8, 4) is 0 Å². The van der Waals surface area contributed by atoms with Crippen LogP contribution in [-0.2, 0) is 16.0 Å². The van der Waals surface area contributed by atoms with Gasteiger partial charge in [0.25, 0.3) is 0 Å². The summed E-state index contributed by atoms with van der Waals surface area (Å²) in [6.07, 6.45) is 2.94. The Bertz CT molecular complexity index is 556. The standard InChI is InChI=1S/C15H17Cl2NO3/c16-11-4-2-10(12(17)8-11)3-5-13(19)18-9-15(14(20)21)6-1-7-15/h2,4,8H,1,3,5-7,9H2,(H,18,19)(H,20,21). The van der Waals surface area contributed by atoms with Gasteiger partial charge in [0.15, 0.2) is 0 Å². The number of nitrogens with one attached hydrogen (secondary N) is 1. The topological polar surface area (TPSA) is 66.4 Å². The maximum Gasteiger partial charge on any atom is 0.311 e. The second kappa shape index (κ2) is 6.67. The van der Waals surface area contributed by atoms with Crippen molar-refractivity contribution >= 4 is 35.1 Å². The van der Waals surface area contributed by atoms with Crippen LogP contribution >= 0.6 is 23.2 Å². The number of aryl methyl sites for hydroxylation is 1. The number of halogens is 2. The van der Waals surface area contributed by atoms with Gasteiger partial charge in [-0.3, -0.25) is 9.59 Å². The van der Waals surface area contributed by atoms with E-state index in [1.807, 2.05) is 0 Å². The molecule has 0 unspecified atom stereocenters. The third kappa shape index (κ3) is 3.89. The summed E-state index contributed by atoms with van der Waals surface area (Å²) in [5.74, 6) is -0.983. The van der Waals surface area contributed by atoms with E-state index in [0.717, 1.165) is 12.0 Å². The summed E-state index contributed by atoms with van der Waals surface area (Å²) in [4.78, 5) is 23.0.